The molecule has 0 amide bonds. The second-order valence-electron chi connectivity index (χ2n) is 3.85. The molecule has 0 aromatic carbocycles. The first-order valence-corrected chi connectivity index (χ1v) is 6.52. The lowest BCUT2D eigenvalue weighted by Crippen LogP contribution is -1.93. The minimum Gasteiger partial charge on any atom is -0.497 e. The van der Waals surface area contributed by atoms with E-state index in [-0.39, 0.29) is 0 Å². The number of hydrogen-bond acceptors (Lipinski definition) is 5. The Balaban J connectivity index is 2.05. The van der Waals surface area contributed by atoms with Crippen molar-refractivity contribution in [3.05, 3.63) is 41.9 Å². The zero-order chi connectivity index (χ0) is 13.0. The summed E-state index contributed by atoms with van der Waals surface area (Å²) in [4.78, 5) is 9.60. The van der Waals surface area contributed by atoms with Crippen LogP contribution in [0.2, 0.25) is 0 Å². The molecule has 0 bridgehead atoms. The fraction of sp³-hybridized carbons (Fsp3) is 0.231. The SMILES string of the molecule is COc1cc(C)nc(CSc2ccc(N)nc2)c1. The van der Waals surface area contributed by atoms with Crippen LogP contribution in [0.25, 0.3) is 0 Å². The van der Waals surface area contributed by atoms with E-state index in [2.05, 4.69) is 9.97 Å². The van der Waals surface area contributed by atoms with E-state index in [4.69, 9.17) is 10.5 Å². The van der Waals surface area contributed by atoms with E-state index in [1.807, 2.05) is 25.1 Å². The summed E-state index contributed by atoms with van der Waals surface area (Å²) in [5, 5.41) is 0. The Hall–Kier alpha value is -1.75. The van der Waals surface area contributed by atoms with Gasteiger partial charge in [0.05, 0.1) is 12.8 Å². The number of pyridine rings is 2. The maximum atomic E-state index is 5.54. The summed E-state index contributed by atoms with van der Waals surface area (Å²) in [7, 11) is 1.66. The van der Waals surface area contributed by atoms with E-state index in [1.54, 1.807) is 31.1 Å². The molecule has 0 unspecified atom stereocenters. The second kappa shape index (κ2) is 5.73. The molecular weight excluding hydrogens is 246 g/mol. The molecule has 0 aliphatic rings. The first-order chi connectivity index (χ1) is 8.67. The zero-order valence-electron chi connectivity index (χ0n) is 10.4. The van der Waals surface area contributed by atoms with Gasteiger partial charge in [0.1, 0.15) is 11.6 Å². The summed E-state index contributed by atoms with van der Waals surface area (Å²) in [5.41, 5.74) is 7.50. The molecular formula is C13H15N3OS. The van der Waals surface area contributed by atoms with Crippen LogP contribution in [0.5, 0.6) is 5.75 Å². The van der Waals surface area contributed by atoms with E-state index in [0.29, 0.717) is 5.82 Å². The Morgan fingerprint density at radius 2 is 2.17 bits per heavy atom. The molecule has 2 heterocycles. The first kappa shape index (κ1) is 12.7. The maximum Gasteiger partial charge on any atom is 0.123 e. The Morgan fingerprint density at radius 1 is 1.33 bits per heavy atom. The lowest BCUT2D eigenvalue weighted by molar-refractivity contribution is 0.413. The fourth-order valence-corrected chi connectivity index (χ4v) is 2.28. The zero-order valence-corrected chi connectivity index (χ0v) is 11.2. The molecule has 2 aromatic rings. The van der Waals surface area contributed by atoms with Gasteiger partial charge < -0.3 is 10.5 Å². The van der Waals surface area contributed by atoms with Gasteiger partial charge in [0.15, 0.2) is 0 Å². The number of thioether (sulfide) groups is 1. The second-order valence-corrected chi connectivity index (χ2v) is 4.90. The molecule has 0 aliphatic carbocycles. The highest BCUT2D eigenvalue weighted by Crippen LogP contribution is 2.23. The largest absolute Gasteiger partial charge is 0.497 e. The van der Waals surface area contributed by atoms with Crippen LogP contribution in [0, 0.1) is 6.92 Å². The Labute approximate surface area is 111 Å². The average Bonchev–Trinajstić information content (AvgIpc) is 2.37. The molecule has 0 saturated heterocycles. The summed E-state index contributed by atoms with van der Waals surface area (Å²) in [5.74, 6) is 2.16. The predicted molar refractivity (Wildman–Crippen MR) is 73.7 cm³/mol. The van der Waals surface area contributed by atoms with Crippen molar-refractivity contribution < 1.29 is 4.74 Å². The third-order valence-corrected chi connectivity index (χ3v) is 3.38. The molecule has 2 aromatic heterocycles. The number of aromatic nitrogens is 2. The van der Waals surface area contributed by atoms with Crippen LogP contribution < -0.4 is 10.5 Å². The van der Waals surface area contributed by atoms with Gasteiger partial charge in [-0.2, -0.15) is 0 Å². The van der Waals surface area contributed by atoms with Crippen LogP contribution >= 0.6 is 11.8 Å². The smallest absolute Gasteiger partial charge is 0.123 e. The van der Waals surface area contributed by atoms with Crippen LogP contribution in [0.4, 0.5) is 5.82 Å². The summed E-state index contributed by atoms with van der Waals surface area (Å²) in [6.45, 7) is 1.96. The van der Waals surface area contributed by atoms with Crippen molar-refractivity contribution in [3.8, 4) is 5.75 Å². The van der Waals surface area contributed by atoms with E-state index < -0.39 is 0 Å². The highest BCUT2D eigenvalue weighted by Gasteiger charge is 2.02. The minimum atomic E-state index is 0.537. The van der Waals surface area contributed by atoms with Crippen molar-refractivity contribution in [2.45, 2.75) is 17.6 Å². The molecule has 18 heavy (non-hydrogen) atoms. The Morgan fingerprint density at radius 3 is 2.83 bits per heavy atom. The molecule has 94 valence electrons. The molecule has 0 aliphatic heterocycles. The number of rotatable bonds is 4. The Kier molecular flexibility index (Phi) is 4.04. The monoisotopic (exact) mass is 261 g/mol. The third-order valence-electron chi connectivity index (χ3n) is 2.36. The van der Waals surface area contributed by atoms with Gasteiger partial charge in [0.2, 0.25) is 0 Å². The maximum absolute atomic E-state index is 5.54. The lowest BCUT2D eigenvalue weighted by atomic mass is 10.3. The van der Waals surface area contributed by atoms with E-state index in [9.17, 15) is 0 Å². The number of nitrogen functional groups attached to an aromatic ring is 1. The van der Waals surface area contributed by atoms with Gasteiger partial charge >= 0.3 is 0 Å². The first-order valence-electron chi connectivity index (χ1n) is 5.53. The molecule has 4 nitrogen and oxygen atoms in total. The van der Waals surface area contributed by atoms with Crippen molar-refractivity contribution in [1.82, 2.24) is 9.97 Å². The summed E-state index contributed by atoms with van der Waals surface area (Å²) in [6, 6.07) is 7.62. The topological polar surface area (TPSA) is 61.0 Å². The Bertz CT molecular complexity index is 528. The van der Waals surface area contributed by atoms with E-state index in [0.717, 1.165) is 27.8 Å². The van der Waals surface area contributed by atoms with Crippen LogP contribution in [0.15, 0.2) is 35.4 Å². The van der Waals surface area contributed by atoms with Gasteiger partial charge in [-0.25, -0.2) is 4.98 Å². The van der Waals surface area contributed by atoms with Gasteiger partial charge in [0, 0.05) is 34.7 Å². The van der Waals surface area contributed by atoms with Gasteiger partial charge in [-0.3, -0.25) is 4.98 Å². The van der Waals surface area contributed by atoms with E-state index in [1.165, 1.54) is 0 Å². The van der Waals surface area contributed by atoms with Gasteiger partial charge in [-0.15, -0.1) is 11.8 Å². The molecule has 2 N–H and O–H groups in total. The lowest BCUT2D eigenvalue weighted by Gasteiger charge is -2.06. The molecule has 0 radical (unpaired) electrons. The number of ether oxygens (including phenoxy) is 1. The minimum absolute atomic E-state index is 0.537. The van der Waals surface area contributed by atoms with Crippen LogP contribution in [-0.2, 0) is 5.75 Å². The quantitative estimate of drug-likeness (QED) is 0.857. The standard InChI is InChI=1S/C13H15N3OS/c1-9-5-11(17-2)6-10(16-9)8-18-12-3-4-13(14)15-7-12/h3-7H,8H2,1-2H3,(H2,14,15). The molecule has 0 saturated carbocycles. The molecule has 2 rings (SSSR count). The number of anilines is 1. The molecule has 0 fully saturated rings. The summed E-state index contributed by atoms with van der Waals surface area (Å²) in [6.07, 6.45) is 1.77. The highest BCUT2D eigenvalue weighted by atomic mass is 32.2. The highest BCUT2D eigenvalue weighted by molar-refractivity contribution is 7.98. The van der Waals surface area contributed by atoms with Crippen molar-refractivity contribution in [1.29, 1.82) is 0 Å². The van der Waals surface area contributed by atoms with Gasteiger partial charge in [-0.1, -0.05) is 0 Å². The van der Waals surface area contributed by atoms with Crippen molar-refractivity contribution in [2.24, 2.45) is 0 Å². The number of methoxy groups -OCH3 is 1. The van der Waals surface area contributed by atoms with Crippen LogP contribution in [0.3, 0.4) is 0 Å². The number of hydrogen-bond donors (Lipinski definition) is 1. The summed E-state index contributed by atoms with van der Waals surface area (Å²) >= 11 is 1.67. The van der Waals surface area contributed by atoms with Gasteiger partial charge in [0.25, 0.3) is 0 Å². The number of nitrogens with two attached hydrogens (primary N) is 1. The average molecular weight is 261 g/mol. The summed E-state index contributed by atoms with van der Waals surface area (Å²) < 4.78 is 5.23. The van der Waals surface area contributed by atoms with Crippen molar-refractivity contribution in [2.75, 3.05) is 12.8 Å². The van der Waals surface area contributed by atoms with E-state index >= 15 is 0 Å². The van der Waals surface area contributed by atoms with Crippen LogP contribution in [0.1, 0.15) is 11.4 Å². The fourth-order valence-electron chi connectivity index (χ4n) is 1.53. The van der Waals surface area contributed by atoms with Crippen molar-refractivity contribution in [3.63, 3.8) is 0 Å². The van der Waals surface area contributed by atoms with Gasteiger partial charge in [-0.05, 0) is 19.1 Å². The number of nitrogens with zero attached hydrogens (tertiary/aromatic N) is 2. The van der Waals surface area contributed by atoms with Crippen molar-refractivity contribution >= 4 is 17.6 Å². The molecule has 5 heteroatoms. The third kappa shape index (κ3) is 3.37. The predicted octanol–water partition coefficient (Wildman–Crippen LogP) is 2.67. The molecule has 0 spiro atoms. The van der Waals surface area contributed by atoms with Crippen LogP contribution in [-0.4, -0.2) is 17.1 Å². The number of aryl methyl sites for hydroxylation is 1. The molecule has 0 atom stereocenters. The normalized spacial score (nSPS) is 10.3.